The highest BCUT2D eigenvalue weighted by Crippen LogP contribution is 2.37. The maximum Gasteiger partial charge on any atom is 0.164 e. The minimum atomic E-state index is 0.303. The van der Waals surface area contributed by atoms with Gasteiger partial charge in [-0.2, -0.15) is 10.2 Å². The van der Waals surface area contributed by atoms with Crippen molar-refractivity contribution in [2.45, 2.75) is 16.1 Å². The molecule has 1 aromatic carbocycles. The highest BCUT2D eigenvalue weighted by molar-refractivity contribution is 8.17. The lowest BCUT2D eigenvalue weighted by Crippen LogP contribution is -2.28. The van der Waals surface area contributed by atoms with Gasteiger partial charge >= 0.3 is 0 Å². The quantitative estimate of drug-likeness (QED) is 0.896. The third kappa shape index (κ3) is 3.63. The topological polar surface area (TPSA) is 46.0 Å². The van der Waals surface area contributed by atoms with Gasteiger partial charge in [-0.05, 0) is 17.7 Å². The monoisotopic (exact) mass is 327 g/mol. The van der Waals surface area contributed by atoms with Gasteiger partial charge in [0.15, 0.2) is 4.71 Å². The molecule has 0 amide bonds. The number of azo groups is 1. The van der Waals surface area contributed by atoms with Crippen LogP contribution in [0.4, 0.5) is 0 Å². The fourth-order valence-electron chi connectivity index (χ4n) is 2.13. The number of hydrogen-bond acceptors (Lipinski definition) is 7. The van der Waals surface area contributed by atoms with Gasteiger partial charge in [0, 0.05) is 17.5 Å². The number of ether oxygens (including phenoxy) is 1. The normalized spacial score (nSPS) is 28.9. The van der Waals surface area contributed by atoms with Crippen LogP contribution in [0, 0.1) is 0 Å². The van der Waals surface area contributed by atoms with Crippen molar-refractivity contribution in [3.8, 4) is 5.75 Å². The molecule has 0 radical (unpaired) electrons. The van der Waals surface area contributed by atoms with Crippen molar-refractivity contribution >= 4 is 35.3 Å². The Morgan fingerprint density at radius 3 is 3.20 bits per heavy atom. The molecule has 20 heavy (non-hydrogen) atoms. The van der Waals surface area contributed by atoms with Gasteiger partial charge in [0.2, 0.25) is 0 Å². The van der Waals surface area contributed by atoms with E-state index in [1.165, 1.54) is 5.56 Å². The standard InChI is InChI=1S/C13H17N3OS3/c1-17-11-4-2-3-9(5-11)12-15-10(6-18-12)7-19-13-16-14-8-20-13/h2-5,10,12-13,15H,6-8H2,1H3. The molecule has 108 valence electrons. The summed E-state index contributed by atoms with van der Waals surface area (Å²) < 4.78 is 5.59. The number of nitrogens with zero attached hydrogens (tertiary/aromatic N) is 2. The minimum Gasteiger partial charge on any atom is -0.497 e. The molecule has 3 atom stereocenters. The first kappa shape index (κ1) is 14.6. The van der Waals surface area contributed by atoms with E-state index in [0.29, 0.717) is 16.1 Å². The van der Waals surface area contributed by atoms with E-state index >= 15 is 0 Å². The van der Waals surface area contributed by atoms with E-state index in [2.05, 4.69) is 27.7 Å². The summed E-state index contributed by atoms with van der Waals surface area (Å²) in [6.45, 7) is 0. The third-order valence-corrected chi connectivity index (χ3v) is 6.91. The molecule has 2 heterocycles. The molecule has 7 heteroatoms. The number of rotatable bonds is 5. The van der Waals surface area contributed by atoms with Crippen LogP contribution in [-0.4, -0.2) is 35.2 Å². The number of methoxy groups -OCH3 is 1. The Labute approximate surface area is 131 Å². The molecule has 1 saturated heterocycles. The highest BCUT2D eigenvalue weighted by atomic mass is 32.2. The predicted octanol–water partition coefficient (Wildman–Crippen LogP) is 3.57. The molecule has 0 saturated carbocycles. The summed E-state index contributed by atoms with van der Waals surface area (Å²) in [5.74, 6) is 3.97. The molecule has 3 unspecified atom stereocenters. The van der Waals surface area contributed by atoms with E-state index in [9.17, 15) is 0 Å². The van der Waals surface area contributed by atoms with E-state index in [1.807, 2.05) is 35.7 Å². The Kier molecular flexibility index (Phi) is 5.14. The molecule has 2 aliphatic rings. The molecular formula is C13H17N3OS3. The summed E-state index contributed by atoms with van der Waals surface area (Å²) >= 11 is 5.66. The van der Waals surface area contributed by atoms with Gasteiger partial charge < -0.3 is 4.74 Å². The maximum absolute atomic E-state index is 5.29. The second-order valence-corrected chi connectivity index (χ2v) is 8.13. The molecule has 1 N–H and O–H groups in total. The van der Waals surface area contributed by atoms with Gasteiger partial charge in [-0.25, -0.2) is 0 Å². The van der Waals surface area contributed by atoms with Crippen LogP contribution < -0.4 is 10.1 Å². The molecule has 0 bridgehead atoms. The maximum atomic E-state index is 5.29. The van der Waals surface area contributed by atoms with E-state index < -0.39 is 0 Å². The van der Waals surface area contributed by atoms with E-state index in [-0.39, 0.29) is 0 Å². The van der Waals surface area contributed by atoms with Crippen molar-refractivity contribution in [3.05, 3.63) is 29.8 Å². The average molecular weight is 328 g/mol. The first-order valence-corrected chi connectivity index (χ1v) is 9.61. The van der Waals surface area contributed by atoms with E-state index in [4.69, 9.17) is 4.74 Å². The third-order valence-electron chi connectivity index (χ3n) is 3.14. The summed E-state index contributed by atoms with van der Waals surface area (Å²) in [4.78, 5) is 0. The zero-order valence-electron chi connectivity index (χ0n) is 11.2. The molecule has 0 spiro atoms. The molecule has 1 aromatic rings. The van der Waals surface area contributed by atoms with Gasteiger partial charge in [0.05, 0.1) is 12.5 Å². The summed E-state index contributed by atoms with van der Waals surface area (Å²) in [7, 11) is 1.71. The first-order chi connectivity index (χ1) is 9.85. The lowest BCUT2D eigenvalue weighted by Gasteiger charge is -2.14. The Bertz CT molecular complexity index is 486. The number of nitrogens with one attached hydrogen (secondary N) is 1. The molecule has 3 rings (SSSR count). The Morgan fingerprint density at radius 2 is 2.40 bits per heavy atom. The van der Waals surface area contributed by atoms with Crippen molar-refractivity contribution in [3.63, 3.8) is 0 Å². The van der Waals surface area contributed by atoms with Crippen LogP contribution >= 0.6 is 35.3 Å². The van der Waals surface area contributed by atoms with Crippen LogP contribution in [0.15, 0.2) is 34.5 Å². The van der Waals surface area contributed by atoms with Gasteiger partial charge in [0.1, 0.15) is 11.6 Å². The highest BCUT2D eigenvalue weighted by Gasteiger charge is 2.27. The summed E-state index contributed by atoms with van der Waals surface area (Å²) in [5.41, 5.74) is 1.29. The van der Waals surface area contributed by atoms with E-state index in [0.717, 1.165) is 23.1 Å². The zero-order chi connectivity index (χ0) is 13.8. The lowest BCUT2D eigenvalue weighted by atomic mass is 10.2. The lowest BCUT2D eigenvalue weighted by molar-refractivity contribution is 0.414. The number of benzene rings is 1. The van der Waals surface area contributed by atoms with Crippen molar-refractivity contribution in [2.24, 2.45) is 10.2 Å². The van der Waals surface area contributed by atoms with Crippen LogP contribution in [0.2, 0.25) is 0 Å². The molecule has 2 aliphatic heterocycles. The Hall–Kier alpha value is -0.370. The van der Waals surface area contributed by atoms with Gasteiger partial charge in [-0.3, -0.25) is 5.32 Å². The summed E-state index contributed by atoms with van der Waals surface area (Å²) in [6, 6.07) is 8.84. The predicted molar refractivity (Wildman–Crippen MR) is 88.7 cm³/mol. The first-order valence-electron chi connectivity index (χ1n) is 6.46. The van der Waals surface area contributed by atoms with Crippen LogP contribution in [0.25, 0.3) is 0 Å². The second-order valence-electron chi connectivity index (χ2n) is 4.55. The van der Waals surface area contributed by atoms with Crippen molar-refractivity contribution in [1.82, 2.24) is 5.32 Å². The molecule has 1 fully saturated rings. The number of hydrogen-bond donors (Lipinski definition) is 1. The minimum absolute atomic E-state index is 0.303. The van der Waals surface area contributed by atoms with Crippen LogP contribution in [0.1, 0.15) is 10.9 Å². The Morgan fingerprint density at radius 1 is 1.45 bits per heavy atom. The van der Waals surface area contributed by atoms with E-state index in [1.54, 1.807) is 18.9 Å². The summed E-state index contributed by atoms with van der Waals surface area (Å²) in [5, 5.41) is 12.3. The van der Waals surface area contributed by atoms with Crippen LogP contribution in [0.3, 0.4) is 0 Å². The van der Waals surface area contributed by atoms with Crippen LogP contribution in [-0.2, 0) is 0 Å². The molecule has 0 aromatic heterocycles. The molecule has 0 aliphatic carbocycles. The fraction of sp³-hybridized carbons (Fsp3) is 0.538. The average Bonchev–Trinajstić information content (AvgIpc) is 3.16. The fourth-order valence-corrected chi connectivity index (χ4v) is 5.48. The smallest absolute Gasteiger partial charge is 0.164 e. The zero-order valence-corrected chi connectivity index (χ0v) is 13.6. The van der Waals surface area contributed by atoms with Crippen molar-refractivity contribution in [2.75, 3.05) is 24.5 Å². The van der Waals surface area contributed by atoms with Crippen molar-refractivity contribution in [1.29, 1.82) is 0 Å². The summed E-state index contributed by atoms with van der Waals surface area (Å²) in [6.07, 6.45) is 0. The second kappa shape index (κ2) is 7.06. The van der Waals surface area contributed by atoms with Gasteiger partial charge in [-0.15, -0.1) is 23.5 Å². The van der Waals surface area contributed by atoms with Crippen molar-refractivity contribution < 1.29 is 4.74 Å². The van der Waals surface area contributed by atoms with Crippen LogP contribution in [0.5, 0.6) is 5.75 Å². The SMILES string of the molecule is COc1cccc(C2NC(CSC3N=NCS3)CS2)c1. The van der Waals surface area contributed by atoms with Gasteiger partial charge in [-0.1, -0.05) is 23.9 Å². The Balaban J connectivity index is 1.51. The largest absolute Gasteiger partial charge is 0.497 e. The molecule has 4 nitrogen and oxygen atoms in total. The van der Waals surface area contributed by atoms with Gasteiger partial charge in [0.25, 0.3) is 0 Å². The number of thioether (sulfide) groups is 3. The molecular weight excluding hydrogens is 310 g/mol.